The molecule has 29 heavy (non-hydrogen) atoms. The maximum absolute atomic E-state index is 11.9. The number of esters is 1. The molecule has 160 valence electrons. The molecule has 4 nitrogen and oxygen atoms in total. The zero-order valence-corrected chi connectivity index (χ0v) is 19.6. The number of benzene rings is 1. The van der Waals surface area contributed by atoms with Gasteiger partial charge in [0.05, 0.1) is 20.3 Å². The average molecular weight is 417 g/mol. The van der Waals surface area contributed by atoms with Crippen LogP contribution in [0.5, 0.6) is 0 Å². The van der Waals surface area contributed by atoms with E-state index in [4.69, 9.17) is 14.2 Å². The lowest BCUT2D eigenvalue weighted by Gasteiger charge is -2.67. The first-order valence-electron chi connectivity index (χ1n) is 11.2. The van der Waals surface area contributed by atoms with Crippen molar-refractivity contribution in [1.82, 2.24) is 0 Å². The Bertz CT molecular complexity index is 761. The molecule has 2 aliphatic carbocycles. The lowest BCUT2D eigenvalue weighted by Crippen LogP contribution is -2.72. The number of hydrogen-bond acceptors (Lipinski definition) is 4. The molecule has 0 radical (unpaired) electrons. The summed E-state index contributed by atoms with van der Waals surface area (Å²) in [6.07, 6.45) is 6.22. The third-order valence-electron chi connectivity index (χ3n) is 7.92. The lowest BCUT2D eigenvalue weighted by atomic mass is 9.55. The van der Waals surface area contributed by atoms with Crippen molar-refractivity contribution in [3.05, 3.63) is 30.3 Å². The molecular formula is C24H36O4Si. The zero-order chi connectivity index (χ0) is 20.9. The summed E-state index contributed by atoms with van der Waals surface area (Å²) in [5, 5.41) is 1.46. The standard InChI is InChI=1S/C24H36O4Si/c1-18(25)27-19-15-21(29(4,5)20-11-7-6-8-12-20)23-13-9-10-14-24(23,16-19)28-22(2,3)26-17-23/h6-8,11-12,19,21H,9-10,13-17H2,1-5H3/t19-,21+,23+,24+/m0/s1. The minimum absolute atomic E-state index is 0.00296. The Morgan fingerprint density at radius 2 is 1.83 bits per heavy atom. The molecular weight excluding hydrogens is 380 g/mol. The molecule has 4 rings (SSSR count). The van der Waals surface area contributed by atoms with E-state index in [0.29, 0.717) is 5.54 Å². The first-order valence-corrected chi connectivity index (χ1v) is 14.2. The Labute approximate surface area is 176 Å². The normalized spacial score (nSPS) is 36.6. The molecule has 0 spiro atoms. The van der Waals surface area contributed by atoms with Crippen molar-refractivity contribution < 1.29 is 19.0 Å². The molecule has 1 aliphatic heterocycles. The van der Waals surface area contributed by atoms with Gasteiger partial charge in [-0.3, -0.25) is 4.79 Å². The second-order valence-electron chi connectivity index (χ2n) is 10.5. The molecule has 1 aromatic rings. The van der Waals surface area contributed by atoms with Crippen LogP contribution in [0.15, 0.2) is 30.3 Å². The van der Waals surface area contributed by atoms with E-state index in [1.165, 1.54) is 25.0 Å². The minimum atomic E-state index is -1.90. The van der Waals surface area contributed by atoms with Crippen molar-refractivity contribution in [2.45, 2.75) is 95.4 Å². The van der Waals surface area contributed by atoms with Gasteiger partial charge in [0.15, 0.2) is 5.79 Å². The minimum Gasteiger partial charge on any atom is -0.462 e. The van der Waals surface area contributed by atoms with Gasteiger partial charge in [-0.2, -0.15) is 0 Å². The molecule has 0 unspecified atom stereocenters. The molecule has 1 heterocycles. The predicted molar refractivity (Wildman–Crippen MR) is 117 cm³/mol. The SMILES string of the molecule is CC(=O)O[C@H]1C[C@@H]([Si](C)(C)c2ccccc2)[C@]23CCCC[C@]2(C1)OC(C)(C)OC3. The number of carbonyl (C=O) groups excluding carboxylic acids is 1. The summed E-state index contributed by atoms with van der Waals surface area (Å²) in [5.41, 5.74) is 0.171. The van der Waals surface area contributed by atoms with Crippen molar-refractivity contribution in [3.63, 3.8) is 0 Å². The van der Waals surface area contributed by atoms with Gasteiger partial charge < -0.3 is 14.2 Å². The Morgan fingerprint density at radius 1 is 1.14 bits per heavy atom. The quantitative estimate of drug-likeness (QED) is 0.525. The molecule has 1 aromatic carbocycles. The van der Waals surface area contributed by atoms with E-state index < -0.39 is 13.9 Å². The predicted octanol–water partition coefficient (Wildman–Crippen LogP) is 4.78. The molecule has 5 heteroatoms. The van der Waals surface area contributed by atoms with Crippen LogP contribution in [0.2, 0.25) is 18.6 Å². The second kappa shape index (κ2) is 7.21. The maximum atomic E-state index is 11.9. The van der Waals surface area contributed by atoms with Crippen molar-refractivity contribution in [1.29, 1.82) is 0 Å². The number of hydrogen-bond donors (Lipinski definition) is 0. The monoisotopic (exact) mass is 416 g/mol. The van der Waals surface area contributed by atoms with E-state index in [1.54, 1.807) is 0 Å². The zero-order valence-electron chi connectivity index (χ0n) is 18.6. The van der Waals surface area contributed by atoms with Gasteiger partial charge in [0, 0.05) is 18.8 Å². The van der Waals surface area contributed by atoms with Gasteiger partial charge in [-0.1, -0.05) is 61.5 Å². The fourth-order valence-corrected chi connectivity index (χ4v) is 10.9. The van der Waals surface area contributed by atoms with Gasteiger partial charge in [0.2, 0.25) is 0 Å². The Kier molecular flexibility index (Phi) is 5.24. The van der Waals surface area contributed by atoms with Crippen molar-refractivity contribution >= 4 is 19.2 Å². The van der Waals surface area contributed by atoms with Gasteiger partial charge in [0.1, 0.15) is 6.10 Å². The summed E-state index contributed by atoms with van der Waals surface area (Å²) < 4.78 is 19.1. The Hall–Kier alpha value is -1.17. The molecule has 0 bridgehead atoms. The van der Waals surface area contributed by atoms with Crippen LogP contribution < -0.4 is 5.19 Å². The van der Waals surface area contributed by atoms with E-state index >= 15 is 0 Å². The maximum Gasteiger partial charge on any atom is 0.302 e. The highest BCUT2D eigenvalue weighted by atomic mass is 28.3. The van der Waals surface area contributed by atoms with Gasteiger partial charge in [-0.15, -0.1) is 0 Å². The summed E-state index contributed by atoms with van der Waals surface area (Å²) in [6.45, 7) is 11.3. The largest absolute Gasteiger partial charge is 0.462 e. The lowest BCUT2D eigenvalue weighted by molar-refractivity contribution is -0.381. The summed E-state index contributed by atoms with van der Waals surface area (Å²) in [4.78, 5) is 11.9. The van der Waals surface area contributed by atoms with Crippen LogP contribution >= 0.6 is 0 Å². The summed E-state index contributed by atoms with van der Waals surface area (Å²) in [6, 6.07) is 11.0. The van der Waals surface area contributed by atoms with Crippen LogP contribution in [-0.4, -0.2) is 38.1 Å². The summed E-state index contributed by atoms with van der Waals surface area (Å²) >= 11 is 0. The molecule has 3 fully saturated rings. The first-order chi connectivity index (χ1) is 13.6. The van der Waals surface area contributed by atoms with Crippen LogP contribution in [0.1, 0.15) is 59.3 Å². The van der Waals surface area contributed by atoms with Crippen LogP contribution in [0.3, 0.4) is 0 Å². The van der Waals surface area contributed by atoms with Crippen molar-refractivity contribution in [2.75, 3.05) is 6.61 Å². The van der Waals surface area contributed by atoms with Crippen LogP contribution in [0.25, 0.3) is 0 Å². The van der Waals surface area contributed by atoms with Gasteiger partial charge in [-0.25, -0.2) is 0 Å². The van der Waals surface area contributed by atoms with E-state index in [2.05, 4.69) is 43.4 Å². The molecule has 3 aliphatic rings. The number of carbonyl (C=O) groups is 1. The molecule has 0 aromatic heterocycles. The smallest absolute Gasteiger partial charge is 0.302 e. The number of rotatable bonds is 3. The Balaban J connectivity index is 1.82. The fraction of sp³-hybridized carbons (Fsp3) is 0.708. The summed E-state index contributed by atoms with van der Waals surface area (Å²) in [5.74, 6) is -0.777. The number of ether oxygens (including phenoxy) is 3. The highest BCUT2D eigenvalue weighted by Gasteiger charge is 2.68. The van der Waals surface area contributed by atoms with Crippen LogP contribution in [0, 0.1) is 5.41 Å². The molecule has 4 atom stereocenters. The van der Waals surface area contributed by atoms with E-state index in [1.807, 2.05) is 13.8 Å². The molecule has 1 saturated heterocycles. The molecule has 0 N–H and O–H groups in total. The van der Waals surface area contributed by atoms with E-state index in [0.717, 1.165) is 32.3 Å². The fourth-order valence-electron chi connectivity index (χ4n) is 6.74. The second-order valence-corrected chi connectivity index (χ2v) is 15.2. The van der Waals surface area contributed by atoms with Gasteiger partial charge in [0.25, 0.3) is 0 Å². The Morgan fingerprint density at radius 3 is 2.52 bits per heavy atom. The highest BCUT2D eigenvalue weighted by molar-refractivity contribution is 6.91. The highest BCUT2D eigenvalue weighted by Crippen LogP contribution is 2.66. The van der Waals surface area contributed by atoms with Crippen LogP contribution in [-0.2, 0) is 19.0 Å². The molecule has 0 amide bonds. The first kappa shape index (κ1) is 21.1. The van der Waals surface area contributed by atoms with Crippen molar-refractivity contribution in [3.8, 4) is 0 Å². The molecule has 2 saturated carbocycles. The van der Waals surface area contributed by atoms with Crippen LogP contribution in [0.4, 0.5) is 0 Å². The van der Waals surface area contributed by atoms with E-state index in [9.17, 15) is 4.79 Å². The topological polar surface area (TPSA) is 44.8 Å². The third-order valence-corrected chi connectivity index (χ3v) is 12.3. The van der Waals surface area contributed by atoms with Gasteiger partial charge >= 0.3 is 5.97 Å². The third kappa shape index (κ3) is 3.49. The van der Waals surface area contributed by atoms with Gasteiger partial charge in [-0.05, 0) is 38.7 Å². The summed E-state index contributed by atoms with van der Waals surface area (Å²) in [7, 11) is -1.90. The van der Waals surface area contributed by atoms with Crippen molar-refractivity contribution in [2.24, 2.45) is 5.41 Å². The average Bonchev–Trinajstić information content (AvgIpc) is 2.65. The van der Waals surface area contributed by atoms with E-state index in [-0.39, 0.29) is 23.1 Å².